The van der Waals surface area contributed by atoms with Crippen molar-refractivity contribution in [2.45, 2.75) is 27.7 Å². The molecule has 1 saturated heterocycles. The topological polar surface area (TPSA) is 35.9 Å². The van der Waals surface area contributed by atoms with E-state index in [2.05, 4.69) is 48.0 Å². The van der Waals surface area contributed by atoms with E-state index in [0.717, 1.165) is 28.7 Å². The number of anilines is 1. The Labute approximate surface area is 143 Å². The minimum atomic E-state index is 0.0533. The van der Waals surface area contributed by atoms with Gasteiger partial charge in [0.2, 0.25) is 0 Å². The number of benzene rings is 1. The van der Waals surface area contributed by atoms with Crippen LogP contribution in [-0.2, 0) is 4.79 Å². The van der Waals surface area contributed by atoms with Crippen LogP contribution in [0.2, 0.25) is 0 Å². The van der Waals surface area contributed by atoms with Gasteiger partial charge in [-0.2, -0.15) is 0 Å². The zero-order chi connectivity index (χ0) is 16.8. The Kier molecular flexibility index (Phi) is 6.28. The fourth-order valence-corrected chi connectivity index (χ4v) is 3.67. The fraction of sp³-hybridized carbons (Fsp3) is 0.444. The number of carbonyl (C=O) groups is 1. The van der Waals surface area contributed by atoms with E-state index in [4.69, 9.17) is 0 Å². The SMILES string of the molecule is CCN=C1S/C(=C/c2ccc(N(CC)CC)cc2)C(=O)N1CC. The van der Waals surface area contributed by atoms with Gasteiger partial charge in [0.15, 0.2) is 5.17 Å². The molecule has 1 amide bonds. The third kappa shape index (κ3) is 3.96. The summed E-state index contributed by atoms with van der Waals surface area (Å²) < 4.78 is 0. The molecule has 0 N–H and O–H groups in total. The Morgan fingerprint density at radius 2 is 1.78 bits per heavy atom. The van der Waals surface area contributed by atoms with Crippen LogP contribution < -0.4 is 4.90 Å². The van der Waals surface area contributed by atoms with Gasteiger partial charge >= 0.3 is 0 Å². The van der Waals surface area contributed by atoms with E-state index in [0.29, 0.717) is 13.1 Å². The van der Waals surface area contributed by atoms with Crippen LogP contribution in [0.4, 0.5) is 5.69 Å². The Hall–Kier alpha value is -1.75. The van der Waals surface area contributed by atoms with Crippen LogP contribution in [-0.4, -0.2) is 42.2 Å². The largest absolute Gasteiger partial charge is 0.372 e. The summed E-state index contributed by atoms with van der Waals surface area (Å²) in [5, 5.41) is 0.811. The number of carbonyl (C=O) groups excluding carboxylic acids is 1. The van der Waals surface area contributed by atoms with Crippen molar-refractivity contribution in [1.82, 2.24) is 4.90 Å². The van der Waals surface area contributed by atoms with Crippen molar-refractivity contribution in [3.8, 4) is 0 Å². The first-order valence-electron chi connectivity index (χ1n) is 8.25. The van der Waals surface area contributed by atoms with E-state index in [1.165, 1.54) is 17.4 Å². The van der Waals surface area contributed by atoms with E-state index in [-0.39, 0.29) is 5.91 Å². The molecule has 1 aromatic carbocycles. The second-order valence-corrected chi connectivity index (χ2v) is 6.19. The minimum Gasteiger partial charge on any atom is -0.372 e. The lowest BCUT2D eigenvalue weighted by atomic mass is 10.1. The summed E-state index contributed by atoms with van der Waals surface area (Å²) in [4.78, 5) is 21.6. The van der Waals surface area contributed by atoms with Crippen LogP contribution >= 0.6 is 11.8 Å². The van der Waals surface area contributed by atoms with E-state index >= 15 is 0 Å². The normalized spacial score (nSPS) is 18.3. The minimum absolute atomic E-state index is 0.0533. The summed E-state index contributed by atoms with van der Waals surface area (Å²) in [5.74, 6) is 0.0533. The number of amidine groups is 1. The lowest BCUT2D eigenvalue weighted by Crippen LogP contribution is -2.28. The van der Waals surface area contributed by atoms with E-state index in [1.807, 2.05) is 19.9 Å². The number of rotatable bonds is 6. The first kappa shape index (κ1) is 17.6. The van der Waals surface area contributed by atoms with Crippen LogP contribution in [0.3, 0.4) is 0 Å². The van der Waals surface area contributed by atoms with E-state index in [9.17, 15) is 4.79 Å². The van der Waals surface area contributed by atoms with Gasteiger partial charge in [0.25, 0.3) is 5.91 Å². The van der Waals surface area contributed by atoms with Gasteiger partial charge in [-0.05, 0) is 63.2 Å². The molecule has 1 fully saturated rings. The lowest BCUT2D eigenvalue weighted by Gasteiger charge is -2.20. The molecule has 0 aliphatic carbocycles. The van der Waals surface area contributed by atoms with Gasteiger partial charge in [-0.25, -0.2) is 0 Å². The molecule has 1 aromatic rings. The zero-order valence-corrected chi connectivity index (χ0v) is 15.2. The highest BCUT2D eigenvalue weighted by Gasteiger charge is 2.31. The number of amides is 1. The fourth-order valence-electron chi connectivity index (χ4n) is 2.56. The molecule has 0 radical (unpaired) electrons. The summed E-state index contributed by atoms with van der Waals surface area (Å²) in [6.07, 6.45) is 1.96. The maximum absolute atomic E-state index is 12.4. The van der Waals surface area contributed by atoms with Crippen molar-refractivity contribution < 1.29 is 4.79 Å². The molecule has 0 unspecified atom stereocenters. The van der Waals surface area contributed by atoms with Gasteiger partial charge in [0, 0.05) is 31.9 Å². The first-order valence-corrected chi connectivity index (χ1v) is 9.07. The maximum atomic E-state index is 12.4. The Morgan fingerprint density at radius 3 is 2.30 bits per heavy atom. The van der Waals surface area contributed by atoms with Gasteiger partial charge in [-0.3, -0.25) is 14.7 Å². The van der Waals surface area contributed by atoms with Crippen molar-refractivity contribution >= 4 is 34.6 Å². The molecular formula is C18H25N3OS. The Morgan fingerprint density at radius 1 is 1.13 bits per heavy atom. The van der Waals surface area contributed by atoms with Crippen molar-refractivity contribution in [3.63, 3.8) is 0 Å². The summed E-state index contributed by atoms with van der Waals surface area (Å²) in [6.45, 7) is 11.6. The number of nitrogens with zero attached hydrogens (tertiary/aromatic N) is 3. The van der Waals surface area contributed by atoms with Crippen molar-refractivity contribution in [2.24, 2.45) is 4.99 Å². The van der Waals surface area contributed by atoms with Crippen molar-refractivity contribution in [2.75, 3.05) is 31.1 Å². The van der Waals surface area contributed by atoms with Crippen LogP contribution in [0.5, 0.6) is 0 Å². The third-order valence-electron chi connectivity index (χ3n) is 3.82. The van der Waals surface area contributed by atoms with Crippen LogP contribution in [0.25, 0.3) is 6.08 Å². The predicted octanol–water partition coefficient (Wildman–Crippen LogP) is 3.84. The number of likely N-dealkylation sites (N-methyl/N-ethyl adjacent to an activating group) is 1. The van der Waals surface area contributed by atoms with Crippen LogP contribution in [0, 0.1) is 0 Å². The monoisotopic (exact) mass is 331 g/mol. The van der Waals surface area contributed by atoms with Crippen LogP contribution in [0.1, 0.15) is 33.3 Å². The van der Waals surface area contributed by atoms with E-state index in [1.54, 1.807) is 4.90 Å². The highest BCUT2D eigenvalue weighted by molar-refractivity contribution is 8.18. The smallest absolute Gasteiger partial charge is 0.266 e. The Bertz CT molecular complexity index is 603. The molecule has 1 aliphatic rings. The average Bonchev–Trinajstić information content (AvgIpc) is 2.85. The molecule has 0 atom stereocenters. The highest BCUT2D eigenvalue weighted by atomic mass is 32.2. The Balaban J connectivity index is 2.22. The predicted molar refractivity (Wildman–Crippen MR) is 101 cm³/mol. The molecule has 0 spiro atoms. The summed E-state index contributed by atoms with van der Waals surface area (Å²) in [6, 6.07) is 8.36. The van der Waals surface area contributed by atoms with Gasteiger partial charge in [0.05, 0.1) is 4.91 Å². The summed E-state index contributed by atoms with van der Waals surface area (Å²) >= 11 is 1.47. The molecular weight excluding hydrogens is 306 g/mol. The zero-order valence-electron chi connectivity index (χ0n) is 14.4. The first-order chi connectivity index (χ1) is 11.1. The standard InChI is InChI=1S/C18H25N3OS/c1-5-19-18-21(8-4)17(22)16(23-18)13-14-9-11-15(12-10-14)20(6-2)7-3/h9-13H,5-8H2,1-4H3/b16-13+,19-18?. The molecule has 4 nitrogen and oxygen atoms in total. The second-order valence-electron chi connectivity index (χ2n) is 5.18. The van der Waals surface area contributed by atoms with Gasteiger partial charge < -0.3 is 4.90 Å². The molecule has 1 aliphatic heterocycles. The number of hydrogen-bond acceptors (Lipinski definition) is 4. The molecule has 0 aromatic heterocycles. The van der Waals surface area contributed by atoms with Gasteiger partial charge in [-0.15, -0.1) is 0 Å². The molecule has 2 rings (SSSR count). The van der Waals surface area contributed by atoms with Gasteiger partial charge in [-0.1, -0.05) is 12.1 Å². The molecule has 124 valence electrons. The number of thioether (sulfide) groups is 1. The van der Waals surface area contributed by atoms with Crippen molar-refractivity contribution in [3.05, 3.63) is 34.7 Å². The number of hydrogen-bond donors (Lipinski definition) is 0. The molecule has 1 heterocycles. The average molecular weight is 331 g/mol. The van der Waals surface area contributed by atoms with Gasteiger partial charge in [0.1, 0.15) is 0 Å². The molecule has 0 bridgehead atoms. The maximum Gasteiger partial charge on any atom is 0.266 e. The highest BCUT2D eigenvalue weighted by Crippen LogP contribution is 2.32. The lowest BCUT2D eigenvalue weighted by molar-refractivity contribution is -0.122. The third-order valence-corrected chi connectivity index (χ3v) is 4.86. The molecule has 5 heteroatoms. The molecule has 23 heavy (non-hydrogen) atoms. The summed E-state index contributed by atoms with van der Waals surface area (Å²) in [7, 11) is 0. The quantitative estimate of drug-likeness (QED) is 0.743. The molecule has 0 saturated carbocycles. The van der Waals surface area contributed by atoms with Crippen LogP contribution in [0.15, 0.2) is 34.2 Å². The number of aliphatic imine (C=N–C) groups is 1. The second kappa shape index (κ2) is 8.20. The van der Waals surface area contributed by atoms with Crippen molar-refractivity contribution in [1.29, 1.82) is 0 Å². The summed E-state index contributed by atoms with van der Waals surface area (Å²) in [5.41, 5.74) is 2.26. The van der Waals surface area contributed by atoms with E-state index < -0.39 is 0 Å².